The van der Waals surface area contributed by atoms with E-state index in [0.717, 1.165) is 56.2 Å². The lowest BCUT2D eigenvalue weighted by atomic mass is 9.95. The summed E-state index contributed by atoms with van der Waals surface area (Å²) in [4.78, 5) is 18.5. The second kappa shape index (κ2) is 11.8. The van der Waals surface area contributed by atoms with Crippen molar-refractivity contribution in [1.29, 1.82) is 0 Å². The Kier molecular flexibility index (Phi) is 10.4. The third-order valence-electron chi connectivity index (χ3n) is 5.33. The zero-order chi connectivity index (χ0) is 21.6. The van der Waals surface area contributed by atoms with E-state index in [1.807, 2.05) is 44.3 Å². The van der Waals surface area contributed by atoms with E-state index in [1.54, 1.807) is 7.05 Å². The molecule has 2 N–H and O–H groups in total. The number of hydrogen-bond acceptors (Lipinski definition) is 4. The van der Waals surface area contributed by atoms with Crippen LogP contribution in [0.4, 0.5) is 4.79 Å². The predicted molar refractivity (Wildman–Crippen MR) is 131 cm³/mol. The Labute approximate surface area is 198 Å². The van der Waals surface area contributed by atoms with Gasteiger partial charge >= 0.3 is 6.09 Å². The number of nitrogens with one attached hydrogen (secondary N) is 2. The fourth-order valence-corrected chi connectivity index (χ4v) is 3.65. The first-order valence-corrected chi connectivity index (χ1v) is 10.5. The van der Waals surface area contributed by atoms with Crippen molar-refractivity contribution in [2.45, 2.75) is 66.0 Å². The third kappa shape index (κ3) is 7.96. The lowest BCUT2D eigenvalue weighted by molar-refractivity contribution is 0.0162. The summed E-state index contributed by atoms with van der Waals surface area (Å²) < 4.78 is 7.42. The second-order valence-corrected chi connectivity index (χ2v) is 8.85. The monoisotopic (exact) mass is 534 g/mol. The molecule has 1 aromatic heterocycles. The number of likely N-dealkylation sites (tertiary alicyclic amines) is 1. The van der Waals surface area contributed by atoms with Crippen molar-refractivity contribution in [3.05, 3.63) is 17.0 Å². The van der Waals surface area contributed by atoms with Crippen molar-refractivity contribution in [1.82, 2.24) is 25.3 Å². The van der Waals surface area contributed by atoms with Crippen molar-refractivity contribution >= 4 is 36.0 Å². The molecule has 0 radical (unpaired) electrons. The number of piperidine rings is 1. The van der Waals surface area contributed by atoms with Crippen LogP contribution in [0.15, 0.2) is 4.99 Å². The van der Waals surface area contributed by atoms with Gasteiger partial charge < -0.3 is 20.3 Å². The van der Waals surface area contributed by atoms with Crippen LogP contribution >= 0.6 is 24.0 Å². The number of aromatic nitrogens is 2. The SMILES string of the molecule is CN=C(NCCC1CCCN(C(=O)OC(C)(C)C)C1)NCc1c(C)nn(C)c1C.I. The van der Waals surface area contributed by atoms with Gasteiger partial charge in [0.1, 0.15) is 5.60 Å². The third-order valence-corrected chi connectivity index (χ3v) is 5.33. The van der Waals surface area contributed by atoms with Crippen molar-refractivity contribution in [3.8, 4) is 0 Å². The Morgan fingerprint density at radius 3 is 2.57 bits per heavy atom. The molecule has 2 rings (SSSR count). The average molecular weight is 534 g/mol. The average Bonchev–Trinajstić information content (AvgIpc) is 2.89. The number of hydrogen-bond donors (Lipinski definition) is 2. The zero-order valence-corrected chi connectivity index (χ0v) is 21.9. The molecule has 0 saturated carbocycles. The van der Waals surface area contributed by atoms with Gasteiger partial charge in [-0.25, -0.2) is 4.79 Å². The molecule has 0 spiro atoms. The van der Waals surface area contributed by atoms with E-state index >= 15 is 0 Å². The van der Waals surface area contributed by atoms with E-state index < -0.39 is 5.60 Å². The van der Waals surface area contributed by atoms with Gasteiger partial charge in [-0.3, -0.25) is 9.67 Å². The summed E-state index contributed by atoms with van der Waals surface area (Å²) in [6.45, 7) is 12.9. The number of guanidine groups is 1. The quantitative estimate of drug-likeness (QED) is 0.344. The number of aryl methyl sites for hydroxylation is 2. The molecule has 1 aliphatic heterocycles. The molecule has 1 fully saturated rings. The molecule has 2 heterocycles. The van der Waals surface area contributed by atoms with Crippen LogP contribution in [0.2, 0.25) is 0 Å². The standard InChI is InChI=1S/C21H38N6O2.HI/c1-15-18(16(2)26(7)25-15)13-24-19(22-6)23-11-10-17-9-8-12-27(14-17)20(28)29-21(3,4)5;/h17H,8-14H2,1-7H3,(H2,22,23,24);1H. The highest BCUT2D eigenvalue weighted by molar-refractivity contribution is 14.0. The summed E-state index contributed by atoms with van der Waals surface area (Å²) >= 11 is 0. The number of amides is 1. The predicted octanol–water partition coefficient (Wildman–Crippen LogP) is 3.36. The maximum absolute atomic E-state index is 12.3. The number of nitrogens with zero attached hydrogens (tertiary/aromatic N) is 4. The lowest BCUT2D eigenvalue weighted by Crippen LogP contribution is -2.44. The van der Waals surface area contributed by atoms with Crippen LogP contribution in [0.3, 0.4) is 0 Å². The highest BCUT2D eigenvalue weighted by Gasteiger charge is 2.27. The number of carbonyl (C=O) groups is 1. The van der Waals surface area contributed by atoms with Crippen molar-refractivity contribution in [2.24, 2.45) is 18.0 Å². The molecule has 8 nitrogen and oxygen atoms in total. The lowest BCUT2D eigenvalue weighted by Gasteiger charge is -2.34. The Morgan fingerprint density at radius 2 is 2.00 bits per heavy atom. The first-order valence-electron chi connectivity index (χ1n) is 10.5. The molecule has 172 valence electrons. The highest BCUT2D eigenvalue weighted by Crippen LogP contribution is 2.21. The molecule has 1 unspecified atom stereocenters. The number of rotatable bonds is 5. The highest BCUT2D eigenvalue weighted by atomic mass is 127. The van der Waals surface area contributed by atoms with Crippen molar-refractivity contribution in [3.63, 3.8) is 0 Å². The number of halogens is 1. The van der Waals surface area contributed by atoms with E-state index in [9.17, 15) is 4.79 Å². The van der Waals surface area contributed by atoms with Gasteiger partial charge in [-0.2, -0.15) is 5.10 Å². The number of aliphatic imine (C=N–C) groups is 1. The van der Waals surface area contributed by atoms with E-state index in [1.165, 1.54) is 5.56 Å². The van der Waals surface area contributed by atoms with Gasteiger partial charge in [0.05, 0.1) is 5.69 Å². The van der Waals surface area contributed by atoms with Crippen molar-refractivity contribution < 1.29 is 9.53 Å². The largest absolute Gasteiger partial charge is 0.444 e. The van der Waals surface area contributed by atoms with Gasteiger partial charge in [0.25, 0.3) is 0 Å². The molecule has 1 amide bonds. The van der Waals surface area contributed by atoms with Crippen LogP contribution in [0.1, 0.15) is 57.0 Å². The number of carbonyl (C=O) groups excluding carboxylic acids is 1. The summed E-state index contributed by atoms with van der Waals surface area (Å²) in [5.41, 5.74) is 2.96. The summed E-state index contributed by atoms with van der Waals surface area (Å²) in [6.07, 6.45) is 2.96. The molecule has 1 aromatic rings. The molecule has 1 atom stereocenters. The van der Waals surface area contributed by atoms with E-state index in [2.05, 4.69) is 27.6 Å². The van der Waals surface area contributed by atoms with Crippen LogP contribution in [-0.2, 0) is 18.3 Å². The van der Waals surface area contributed by atoms with Crippen molar-refractivity contribution in [2.75, 3.05) is 26.7 Å². The first kappa shape index (κ1) is 26.5. The summed E-state index contributed by atoms with van der Waals surface area (Å²) in [5.74, 6) is 1.26. The first-order chi connectivity index (χ1) is 13.6. The van der Waals surface area contributed by atoms with Gasteiger partial charge in [0.15, 0.2) is 5.96 Å². The van der Waals surface area contributed by atoms with Gasteiger partial charge in [-0.1, -0.05) is 0 Å². The van der Waals surface area contributed by atoms with Gasteiger partial charge in [-0.15, -0.1) is 24.0 Å². The Bertz CT molecular complexity index is 726. The van der Waals surface area contributed by atoms with Crippen LogP contribution in [0.25, 0.3) is 0 Å². The molecule has 1 aliphatic rings. The zero-order valence-electron chi connectivity index (χ0n) is 19.5. The molecule has 30 heavy (non-hydrogen) atoms. The Morgan fingerprint density at radius 1 is 1.30 bits per heavy atom. The van der Waals surface area contributed by atoms with Gasteiger partial charge in [-0.05, 0) is 59.8 Å². The maximum Gasteiger partial charge on any atom is 0.410 e. The normalized spacial score (nSPS) is 17.4. The second-order valence-electron chi connectivity index (χ2n) is 8.85. The summed E-state index contributed by atoms with van der Waals surface area (Å²) in [7, 11) is 3.74. The smallest absolute Gasteiger partial charge is 0.410 e. The molecule has 0 bridgehead atoms. The molecule has 9 heteroatoms. The van der Waals surface area contributed by atoms with Crippen LogP contribution < -0.4 is 10.6 Å². The minimum atomic E-state index is -0.450. The van der Waals surface area contributed by atoms with Crippen LogP contribution in [0, 0.1) is 19.8 Å². The molecular formula is C21H39IN6O2. The minimum absolute atomic E-state index is 0. The summed E-state index contributed by atoms with van der Waals surface area (Å²) in [6, 6.07) is 0. The van der Waals surface area contributed by atoms with Gasteiger partial charge in [0.2, 0.25) is 0 Å². The molecule has 1 saturated heterocycles. The van der Waals surface area contributed by atoms with E-state index in [4.69, 9.17) is 4.74 Å². The van der Waals surface area contributed by atoms with Crippen LogP contribution in [-0.4, -0.2) is 59.0 Å². The van der Waals surface area contributed by atoms with Gasteiger partial charge in [0, 0.05) is 51.5 Å². The van der Waals surface area contributed by atoms with Crippen LogP contribution in [0.5, 0.6) is 0 Å². The molecule has 0 aromatic carbocycles. The maximum atomic E-state index is 12.3. The fraction of sp³-hybridized carbons (Fsp3) is 0.762. The Hall–Kier alpha value is -1.52. The number of ether oxygens (including phenoxy) is 1. The minimum Gasteiger partial charge on any atom is -0.444 e. The van der Waals surface area contributed by atoms with E-state index in [-0.39, 0.29) is 30.1 Å². The Balaban J connectivity index is 0.00000450. The topological polar surface area (TPSA) is 83.8 Å². The summed E-state index contributed by atoms with van der Waals surface area (Å²) in [5, 5.41) is 11.2. The fourth-order valence-electron chi connectivity index (χ4n) is 3.65. The van der Waals surface area contributed by atoms with E-state index in [0.29, 0.717) is 12.5 Å². The molecular weight excluding hydrogens is 495 g/mol. The molecule has 0 aliphatic carbocycles.